The number of amides is 2. The molecule has 0 aliphatic heterocycles. The van der Waals surface area contributed by atoms with Gasteiger partial charge in [-0.2, -0.15) is 0 Å². The second-order valence-electron chi connectivity index (χ2n) is 8.57. The third-order valence-corrected chi connectivity index (χ3v) is 6.11. The SMILES string of the molecule is COCC(ONC(=O)C(CC1CC1)NC(=O)OCC1c2ccccc2-c2ccccc21)C(=O)O. The molecular weight excluding hydrogens is 440 g/mol. The number of ether oxygens (including phenoxy) is 2. The Bertz CT molecular complexity index is 1010. The largest absolute Gasteiger partial charge is 0.479 e. The van der Waals surface area contributed by atoms with E-state index >= 15 is 0 Å². The molecule has 0 saturated heterocycles. The van der Waals surface area contributed by atoms with E-state index in [0.29, 0.717) is 12.3 Å². The van der Waals surface area contributed by atoms with Crippen molar-refractivity contribution in [2.75, 3.05) is 20.3 Å². The number of fused-ring (bicyclic) bond motifs is 3. The second kappa shape index (κ2) is 10.7. The van der Waals surface area contributed by atoms with Gasteiger partial charge < -0.3 is 19.9 Å². The fourth-order valence-electron chi connectivity index (χ4n) is 4.21. The van der Waals surface area contributed by atoms with Crippen molar-refractivity contribution in [2.24, 2.45) is 5.92 Å². The fourth-order valence-corrected chi connectivity index (χ4v) is 4.21. The molecule has 2 unspecified atom stereocenters. The molecule has 9 heteroatoms. The van der Waals surface area contributed by atoms with Crippen molar-refractivity contribution in [3.8, 4) is 11.1 Å². The van der Waals surface area contributed by atoms with Gasteiger partial charge in [-0.25, -0.2) is 15.1 Å². The number of aliphatic carboxylic acids is 1. The van der Waals surface area contributed by atoms with Crippen LogP contribution < -0.4 is 10.8 Å². The number of hydroxylamine groups is 1. The van der Waals surface area contributed by atoms with Crippen LogP contribution >= 0.6 is 0 Å². The summed E-state index contributed by atoms with van der Waals surface area (Å²) in [4.78, 5) is 41.4. The van der Waals surface area contributed by atoms with E-state index < -0.39 is 30.1 Å². The van der Waals surface area contributed by atoms with E-state index in [1.54, 1.807) is 0 Å². The number of carbonyl (C=O) groups is 3. The maximum Gasteiger partial charge on any atom is 0.407 e. The van der Waals surface area contributed by atoms with Gasteiger partial charge in [0.2, 0.25) is 6.10 Å². The molecule has 0 radical (unpaired) electrons. The molecule has 0 heterocycles. The van der Waals surface area contributed by atoms with Crippen LogP contribution in [0, 0.1) is 5.92 Å². The standard InChI is InChI=1S/C25H28N2O7/c1-32-14-22(24(29)30)34-27-23(28)21(12-15-10-11-15)26-25(31)33-13-20-18-8-4-2-6-16(18)17-7-3-5-9-19(17)20/h2-9,15,20-22H,10-14H2,1H3,(H,26,31)(H,27,28)(H,29,30). The molecule has 1 fully saturated rings. The highest BCUT2D eigenvalue weighted by Gasteiger charge is 2.33. The first kappa shape index (κ1) is 23.7. The minimum atomic E-state index is -1.36. The van der Waals surface area contributed by atoms with Crippen LogP contribution in [0.3, 0.4) is 0 Å². The highest BCUT2D eigenvalue weighted by Crippen LogP contribution is 2.44. The van der Waals surface area contributed by atoms with Gasteiger partial charge in [0.05, 0.1) is 6.61 Å². The molecule has 2 amide bonds. The van der Waals surface area contributed by atoms with E-state index in [4.69, 9.17) is 19.4 Å². The highest BCUT2D eigenvalue weighted by molar-refractivity contribution is 5.85. The van der Waals surface area contributed by atoms with Crippen LogP contribution in [0.25, 0.3) is 11.1 Å². The first-order chi connectivity index (χ1) is 16.5. The van der Waals surface area contributed by atoms with Gasteiger partial charge >= 0.3 is 12.1 Å². The zero-order chi connectivity index (χ0) is 24.1. The second-order valence-corrected chi connectivity index (χ2v) is 8.57. The van der Waals surface area contributed by atoms with E-state index in [1.807, 2.05) is 36.4 Å². The number of hydrogen-bond donors (Lipinski definition) is 3. The van der Waals surface area contributed by atoms with Crippen LogP contribution in [-0.4, -0.2) is 55.5 Å². The van der Waals surface area contributed by atoms with E-state index in [9.17, 15) is 14.4 Å². The number of alkyl carbamates (subject to hydrolysis) is 1. The van der Waals surface area contributed by atoms with Gasteiger partial charge in [-0.3, -0.25) is 9.63 Å². The predicted octanol–water partition coefficient (Wildman–Crippen LogP) is 2.84. The van der Waals surface area contributed by atoms with Gasteiger partial charge in [-0.1, -0.05) is 61.4 Å². The van der Waals surface area contributed by atoms with Crippen LogP contribution in [0.2, 0.25) is 0 Å². The normalized spacial score (nSPS) is 16.1. The number of benzene rings is 2. The summed E-state index contributed by atoms with van der Waals surface area (Å²) in [6.45, 7) is -0.105. The minimum absolute atomic E-state index is 0.0949. The molecule has 2 aliphatic rings. The Hall–Kier alpha value is -3.43. The Morgan fingerprint density at radius 1 is 1.03 bits per heavy atom. The molecule has 1 saturated carbocycles. The number of methoxy groups -OCH3 is 1. The van der Waals surface area contributed by atoms with Gasteiger partial charge in [-0.15, -0.1) is 0 Å². The van der Waals surface area contributed by atoms with Gasteiger partial charge in [0.1, 0.15) is 12.6 Å². The maximum absolute atomic E-state index is 12.6. The number of rotatable bonds is 11. The molecule has 0 bridgehead atoms. The van der Waals surface area contributed by atoms with Crippen LogP contribution in [0.1, 0.15) is 36.3 Å². The molecule has 0 spiro atoms. The Kier molecular flexibility index (Phi) is 7.44. The quantitative estimate of drug-likeness (QED) is 0.433. The third-order valence-electron chi connectivity index (χ3n) is 6.11. The van der Waals surface area contributed by atoms with E-state index in [1.165, 1.54) is 7.11 Å². The van der Waals surface area contributed by atoms with Crippen molar-refractivity contribution in [1.29, 1.82) is 0 Å². The van der Waals surface area contributed by atoms with Crippen LogP contribution in [0.4, 0.5) is 4.79 Å². The summed E-state index contributed by atoms with van der Waals surface area (Å²) >= 11 is 0. The molecule has 180 valence electrons. The minimum Gasteiger partial charge on any atom is -0.479 e. The summed E-state index contributed by atoms with van der Waals surface area (Å²) in [6.07, 6.45) is 0.289. The predicted molar refractivity (Wildman–Crippen MR) is 122 cm³/mol. The zero-order valence-electron chi connectivity index (χ0n) is 18.9. The first-order valence-electron chi connectivity index (χ1n) is 11.3. The molecule has 9 nitrogen and oxygen atoms in total. The number of carbonyl (C=O) groups excluding carboxylic acids is 2. The zero-order valence-corrected chi connectivity index (χ0v) is 18.9. The van der Waals surface area contributed by atoms with Gasteiger partial charge in [-0.05, 0) is 34.6 Å². The van der Waals surface area contributed by atoms with Gasteiger partial charge in [0, 0.05) is 13.0 Å². The van der Waals surface area contributed by atoms with Crippen LogP contribution in [-0.2, 0) is 23.9 Å². The Morgan fingerprint density at radius 2 is 1.65 bits per heavy atom. The molecule has 2 aliphatic carbocycles. The monoisotopic (exact) mass is 468 g/mol. The molecule has 2 aromatic carbocycles. The maximum atomic E-state index is 12.6. The lowest BCUT2D eigenvalue weighted by Crippen LogP contribution is -2.49. The molecule has 4 rings (SSSR count). The van der Waals surface area contributed by atoms with Crippen molar-refractivity contribution in [3.05, 3.63) is 59.7 Å². The fraction of sp³-hybridized carbons (Fsp3) is 0.400. The topological polar surface area (TPSA) is 123 Å². The number of carboxylic acid groups (broad SMARTS) is 1. The van der Waals surface area contributed by atoms with E-state index in [-0.39, 0.29) is 19.1 Å². The van der Waals surface area contributed by atoms with Crippen LogP contribution in [0.5, 0.6) is 0 Å². The van der Waals surface area contributed by atoms with E-state index in [2.05, 4.69) is 22.9 Å². The summed E-state index contributed by atoms with van der Waals surface area (Å²) in [5.74, 6) is -1.69. The lowest BCUT2D eigenvalue weighted by atomic mass is 9.98. The van der Waals surface area contributed by atoms with Gasteiger partial charge in [0.15, 0.2) is 0 Å². The Labute approximate surface area is 197 Å². The molecule has 3 N–H and O–H groups in total. The number of carboxylic acids is 1. The molecule has 2 aromatic rings. The van der Waals surface area contributed by atoms with E-state index in [0.717, 1.165) is 35.1 Å². The van der Waals surface area contributed by atoms with Crippen molar-refractivity contribution < 1.29 is 33.8 Å². The summed E-state index contributed by atoms with van der Waals surface area (Å²) in [5, 5.41) is 11.7. The summed E-state index contributed by atoms with van der Waals surface area (Å²) in [5.41, 5.74) is 6.57. The lowest BCUT2D eigenvalue weighted by Gasteiger charge is -2.20. The van der Waals surface area contributed by atoms with Gasteiger partial charge in [0.25, 0.3) is 5.91 Å². The average molecular weight is 469 g/mol. The first-order valence-corrected chi connectivity index (χ1v) is 11.3. The summed E-state index contributed by atoms with van der Waals surface area (Å²) in [6, 6.07) is 15.1. The van der Waals surface area contributed by atoms with Crippen molar-refractivity contribution in [3.63, 3.8) is 0 Å². The molecule has 0 aromatic heterocycles. The Morgan fingerprint density at radius 3 is 2.21 bits per heavy atom. The van der Waals surface area contributed by atoms with Crippen molar-refractivity contribution >= 4 is 18.0 Å². The number of nitrogens with one attached hydrogen (secondary N) is 2. The van der Waals surface area contributed by atoms with Crippen LogP contribution in [0.15, 0.2) is 48.5 Å². The summed E-state index contributed by atoms with van der Waals surface area (Å²) in [7, 11) is 1.33. The molecule has 2 atom stereocenters. The average Bonchev–Trinajstić information content (AvgIpc) is 3.60. The highest BCUT2D eigenvalue weighted by atomic mass is 16.7. The summed E-state index contributed by atoms with van der Waals surface area (Å²) < 4.78 is 10.3. The molecule has 34 heavy (non-hydrogen) atoms. The Balaban J connectivity index is 1.36. The lowest BCUT2D eigenvalue weighted by molar-refractivity contribution is -0.165. The third kappa shape index (κ3) is 5.55. The molecular formula is C25H28N2O7. The number of hydrogen-bond acceptors (Lipinski definition) is 6. The van der Waals surface area contributed by atoms with Crippen molar-refractivity contribution in [1.82, 2.24) is 10.8 Å². The van der Waals surface area contributed by atoms with Crippen molar-refractivity contribution in [2.45, 2.75) is 37.3 Å². The smallest absolute Gasteiger partial charge is 0.407 e.